The van der Waals surface area contributed by atoms with Gasteiger partial charge in [-0.3, -0.25) is 15.2 Å². The van der Waals surface area contributed by atoms with Gasteiger partial charge in [0.05, 0.1) is 62.0 Å². The first-order chi connectivity index (χ1) is 26.0. The van der Waals surface area contributed by atoms with Crippen molar-refractivity contribution >= 4 is 35.0 Å². The molecule has 0 saturated carbocycles. The second kappa shape index (κ2) is 32.5. The molecule has 2 unspecified atom stereocenters. The molecule has 4 rings (SSSR count). The van der Waals surface area contributed by atoms with Crippen LogP contribution in [0.1, 0.15) is 89.1 Å². The van der Waals surface area contributed by atoms with Gasteiger partial charge in [0, 0.05) is 70.1 Å². The summed E-state index contributed by atoms with van der Waals surface area (Å²) in [6.07, 6.45) is 6.55. The van der Waals surface area contributed by atoms with E-state index >= 15 is 0 Å². The van der Waals surface area contributed by atoms with Gasteiger partial charge in [-0.15, -0.1) is 0 Å². The second-order valence-corrected chi connectivity index (χ2v) is 11.5. The van der Waals surface area contributed by atoms with Crippen LogP contribution in [0.5, 0.6) is 0 Å². The molecule has 4 heterocycles. The van der Waals surface area contributed by atoms with E-state index in [0.29, 0.717) is 56.0 Å². The number of aryl methyl sites for hydroxylation is 3. The smallest absolute Gasteiger partial charge is 0.217 e. The molecule has 0 fully saturated rings. The number of nitriles is 2. The molecular weight excluding hydrogens is 719 g/mol. The molecule has 3 aromatic heterocycles. The van der Waals surface area contributed by atoms with Gasteiger partial charge in [-0.05, 0) is 48.0 Å². The number of carbonyl (C=O) groups is 1. The predicted molar refractivity (Wildman–Crippen MR) is 220 cm³/mol. The van der Waals surface area contributed by atoms with E-state index in [1.165, 1.54) is 13.8 Å². The van der Waals surface area contributed by atoms with E-state index in [2.05, 4.69) is 56.3 Å². The summed E-state index contributed by atoms with van der Waals surface area (Å²) >= 11 is 0. The number of aromatic nitrogens is 6. The number of methoxy groups -OCH3 is 3. The van der Waals surface area contributed by atoms with E-state index in [-0.39, 0.29) is 31.2 Å². The molecule has 1 aliphatic rings. The average molecular weight is 782 g/mol. The van der Waals surface area contributed by atoms with Gasteiger partial charge in [-0.2, -0.15) is 10.5 Å². The highest BCUT2D eigenvalue weighted by atomic mass is 16.5. The summed E-state index contributed by atoms with van der Waals surface area (Å²) in [6, 6.07) is 4.12. The Labute approximate surface area is 332 Å². The molecule has 0 radical (unpaired) electrons. The van der Waals surface area contributed by atoms with Crippen molar-refractivity contribution in [2.75, 3.05) is 44.7 Å². The molecule has 9 N–H and O–H groups in total. The molecular formula is C37H63N15O4. The molecule has 310 valence electrons. The van der Waals surface area contributed by atoms with E-state index in [1.807, 2.05) is 40.0 Å². The summed E-state index contributed by atoms with van der Waals surface area (Å²) in [6.45, 7) is 16.3. The summed E-state index contributed by atoms with van der Waals surface area (Å²) in [5.74, 6) is 4.95. The minimum atomic E-state index is -0.0972. The van der Waals surface area contributed by atoms with Gasteiger partial charge in [0.2, 0.25) is 5.91 Å². The average Bonchev–Trinajstić information content (AvgIpc) is 3.12. The highest BCUT2D eigenvalue weighted by Crippen LogP contribution is 2.16. The third-order valence-electron chi connectivity index (χ3n) is 6.60. The molecule has 1 amide bonds. The fraction of sp³-hybridized carbons (Fsp3) is 0.541. The molecule has 19 heteroatoms. The first kappa shape index (κ1) is 54.5. The van der Waals surface area contributed by atoms with Gasteiger partial charge in [0.1, 0.15) is 34.9 Å². The van der Waals surface area contributed by atoms with Gasteiger partial charge in [0.15, 0.2) is 0 Å². The molecule has 3 aromatic rings. The van der Waals surface area contributed by atoms with Crippen LogP contribution in [-0.4, -0.2) is 81.5 Å². The van der Waals surface area contributed by atoms with Crippen molar-refractivity contribution in [1.82, 2.24) is 35.2 Å². The Balaban J connectivity index is -0.000000620. The lowest BCUT2D eigenvalue weighted by atomic mass is 10.0. The Morgan fingerprint density at radius 2 is 1.46 bits per heavy atom. The van der Waals surface area contributed by atoms with Crippen molar-refractivity contribution in [2.24, 2.45) is 16.6 Å². The molecule has 0 saturated heterocycles. The zero-order valence-corrected chi connectivity index (χ0v) is 34.0. The quantitative estimate of drug-likeness (QED) is 0.0999. The van der Waals surface area contributed by atoms with Crippen LogP contribution >= 0.6 is 0 Å². The minimum Gasteiger partial charge on any atom is -0.388 e. The zero-order valence-electron chi connectivity index (χ0n) is 34.0. The number of ether oxygens (including phenoxy) is 3. The van der Waals surface area contributed by atoms with Gasteiger partial charge >= 0.3 is 0 Å². The van der Waals surface area contributed by atoms with E-state index in [0.717, 1.165) is 40.6 Å². The Hall–Kier alpha value is -5.89. The number of hydrogen-bond donors (Lipinski definition) is 6. The van der Waals surface area contributed by atoms with Crippen molar-refractivity contribution in [2.45, 2.75) is 101 Å². The van der Waals surface area contributed by atoms with Gasteiger partial charge < -0.3 is 42.0 Å². The number of nitrogens with two attached hydrogens (primary N) is 3. The maximum atomic E-state index is 10.6. The molecule has 0 aliphatic carbocycles. The normalized spacial score (nSPS) is 11.2. The van der Waals surface area contributed by atoms with Crippen molar-refractivity contribution in [3.05, 3.63) is 52.8 Å². The number of fused-ring (bicyclic) bond motifs is 1. The number of nitrogens with zero attached hydrogens (tertiary/aromatic N) is 9. The fourth-order valence-electron chi connectivity index (χ4n) is 3.62. The van der Waals surface area contributed by atoms with Crippen LogP contribution in [0.15, 0.2) is 23.6 Å². The summed E-state index contributed by atoms with van der Waals surface area (Å²) in [7, 11) is 4.82. The van der Waals surface area contributed by atoms with Crippen LogP contribution in [0.2, 0.25) is 0 Å². The summed E-state index contributed by atoms with van der Waals surface area (Å²) in [5, 5.41) is 28.4. The summed E-state index contributed by atoms with van der Waals surface area (Å²) < 4.78 is 14.4. The Kier molecular flexibility index (Phi) is 31.6. The van der Waals surface area contributed by atoms with Crippen LogP contribution < -0.4 is 27.8 Å². The molecule has 0 aromatic carbocycles. The number of carbonyl (C=O) groups excluding carboxylic acids is 1. The maximum absolute atomic E-state index is 10.6. The Bertz CT molecular complexity index is 1690. The highest BCUT2D eigenvalue weighted by molar-refractivity contribution is 5.94. The van der Waals surface area contributed by atoms with Crippen LogP contribution in [-0.2, 0) is 38.7 Å². The molecule has 1 aliphatic heterocycles. The van der Waals surface area contributed by atoms with Crippen molar-refractivity contribution < 1.29 is 19.0 Å². The lowest BCUT2D eigenvalue weighted by molar-refractivity contribution is -0.119. The number of nitrogens with one attached hydrogen (secondary N) is 3. The number of hydrogen-bond acceptors (Lipinski definition) is 17. The van der Waals surface area contributed by atoms with Gasteiger partial charge in [0.25, 0.3) is 0 Å². The van der Waals surface area contributed by atoms with Gasteiger partial charge in [-0.1, -0.05) is 14.4 Å². The third kappa shape index (κ3) is 26.8. The number of nitrogen functional groups attached to an aromatic ring is 2. The first-order valence-electron chi connectivity index (χ1n) is 17.1. The summed E-state index contributed by atoms with van der Waals surface area (Å²) in [5.41, 5.74) is 18.5. The SMILES string of the molecule is C.CC(=N)N.CC(=O)NCc1cnc(C)nc1N.CC1=NCc2cnc(C)nc2N1.CCC(C#N)C(C)OC.COCCC#N.COCc1cnc(C)nc1N. The van der Waals surface area contributed by atoms with Crippen LogP contribution in [0, 0.1) is 54.8 Å². The highest BCUT2D eigenvalue weighted by Gasteiger charge is 2.12. The van der Waals surface area contributed by atoms with E-state index in [9.17, 15) is 4.79 Å². The Morgan fingerprint density at radius 3 is 1.86 bits per heavy atom. The van der Waals surface area contributed by atoms with Crippen molar-refractivity contribution in [1.29, 1.82) is 15.9 Å². The van der Waals surface area contributed by atoms with E-state index in [1.54, 1.807) is 47.6 Å². The second-order valence-electron chi connectivity index (χ2n) is 11.5. The predicted octanol–water partition coefficient (Wildman–Crippen LogP) is 4.34. The molecule has 2 atom stereocenters. The molecule has 0 spiro atoms. The number of amidine groups is 2. The number of anilines is 3. The lowest BCUT2D eigenvalue weighted by Crippen LogP contribution is -2.20. The zero-order chi connectivity index (χ0) is 42.3. The standard InChI is InChI=1S/C8H12N4O.C8H10N4.C7H11N3O.C7H13NO.C4H7NO.C2H6N2.CH4/c1-5-10-3-7(8(9)12-5)4-11-6(2)13;1-5-9-3-7-4-10-6(2)12-8(7)11-5;1-5-9-3-6(4-11-2)7(8)10-5;1-4-7(5-8)6(2)9-3;1-6-4-2-3-5;1-2(3)4;/h3H,4H2,1-2H3,(H,11,13)(H2,9,10,12);3H,4H2,1-2H3,(H,9,10,11,12);3H,4H2,1-2H3,(H2,8,9,10);6-7H,4H2,1-3H3;2,4H2,1H3;1H3,(H3,3,4);1H4. The van der Waals surface area contributed by atoms with Crippen LogP contribution in [0.3, 0.4) is 0 Å². The summed E-state index contributed by atoms with van der Waals surface area (Å²) in [4.78, 5) is 39.1. The minimum absolute atomic E-state index is 0. The monoisotopic (exact) mass is 782 g/mol. The maximum Gasteiger partial charge on any atom is 0.217 e. The number of amides is 1. The Morgan fingerprint density at radius 1 is 0.946 bits per heavy atom. The van der Waals surface area contributed by atoms with E-state index < -0.39 is 0 Å². The number of aliphatic imine (C=N–C) groups is 1. The first-order valence-corrected chi connectivity index (χ1v) is 17.1. The third-order valence-corrected chi connectivity index (χ3v) is 6.60. The topological polar surface area (TPSA) is 308 Å². The molecule has 19 nitrogen and oxygen atoms in total. The van der Waals surface area contributed by atoms with Crippen molar-refractivity contribution in [3.63, 3.8) is 0 Å². The van der Waals surface area contributed by atoms with Crippen LogP contribution in [0.4, 0.5) is 17.5 Å². The number of rotatable bonds is 9. The van der Waals surface area contributed by atoms with Crippen LogP contribution in [0.25, 0.3) is 0 Å². The molecule has 0 bridgehead atoms. The van der Waals surface area contributed by atoms with Crippen molar-refractivity contribution in [3.8, 4) is 12.1 Å². The molecule has 56 heavy (non-hydrogen) atoms. The van der Waals surface area contributed by atoms with Gasteiger partial charge in [-0.25, -0.2) is 29.9 Å². The fourth-order valence-corrected chi connectivity index (χ4v) is 3.62. The lowest BCUT2D eigenvalue weighted by Gasteiger charge is -2.14. The largest absolute Gasteiger partial charge is 0.388 e. The van der Waals surface area contributed by atoms with E-state index in [4.69, 9.17) is 42.6 Å².